The molecule has 1 heterocycles. The number of hydrogen-bond donors (Lipinski definition) is 0. The number of alkyl halides is 3. The first-order valence-electron chi connectivity index (χ1n) is 4.81. The van der Waals surface area contributed by atoms with E-state index in [1.54, 1.807) is 6.07 Å². The minimum absolute atomic E-state index is 0.0691. The van der Waals surface area contributed by atoms with Crippen LogP contribution in [-0.4, -0.2) is 16.1 Å². The third-order valence-electron chi connectivity index (χ3n) is 2.22. The van der Waals surface area contributed by atoms with Crippen LogP contribution in [-0.2, 0) is 6.18 Å². The van der Waals surface area contributed by atoms with E-state index in [4.69, 9.17) is 11.6 Å². The minimum Gasteiger partial charge on any atom is -0.296 e. The smallest absolute Gasteiger partial charge is 0.296 e. The largest absolute Gasteiger partial charge is 0.433 e. The zero-order valence-corrected chi connectivity index (χ0v) is 9.53. The van der Waals surface area contributed by atoms with Crippen LogP contribution in [0.1, 0.15) is 16.2 Å². The number of hydrogen-bond acceptors (Lipinski definition) is 2. The molecule has 0 spiro atoms. The fourth-order valence-electron chi connectivity index (χ4n) is 1.47. The first kappa shape index (κ1) is 12.6. The van der Waals surface area contributed by atoms with E-state index in [2.05, 4.69) is 5.10 Å². The van der Waals surface area contributed by atoms with Gasteiger partial charge in [-0.25, -0.2) is 4.68 Å². The molecule has 3 nitrogen and oxygen atoms in total. The number of aldehydes is 1. The lowest BCUT2D eigenvalue weighted by atomic mass is 10.3. The molecule has 94 valence electrons. The molecular weight excluding hydrogens is 269 g/mol. The van der Waals surface area contributed by atoms with Gasteiger partial charge in [-0.15, -0.1) is 0 Å². The standard InChI is InChI=1S/C11H6ClF3N2O/c12-8-3-1-2-4-9(8)17-10(11(13,14)15)5-7(6-18)16-17/h1-6H. The molecular formula is C11H6ClF3N2O. The third-order valence-corrected chi connectivity index (χ3v) is 2.54. The topological polar surface area (TPSA) is 34.9 Å². The van der Waals surface area contributed by atoms with Gasteiger partial charge in [0.15, 0.2) is 6.29 Å². The van der Waals surface area contributed by atoms with Crippen molar-refractivity contribution in [2.45, 2.75) is 6.18 Å². The number of aromatic nitrogens is 2. The van der Waals surface area contributed by atoms with Gasteiger partial charge in [0.05, 0.1) is 10.7 Å². The highest BCUT2D eigenvalue weighted by Gasteiger charge is 2.36. The molecule has 0 amide bonds. The monoisotopic (exact) mass is 274 g/mol. The number of halogens is 4. The average molecular weight is 275 g/mol. The fourth-order valence-corrected chi connectivity index (χ4v) is 1.68. The number of rotatable bonds is 2. The summed E-state index contributed by atoms with van der Waals surface area (Å²) in [7, 11) is 0. The quantitative estimate of drug-likeness (QED) is 0.787. The van der Waals surface area contributed by atoms with Gasteiger partial charge in [-0.2, -0.15) is 18.3 Å². The first-order chi connectivity index (χ1) is 8.43. The van der Waals surface area contributed by atoms with Gasteiger partial charge < -0.3 is 0 Å². The van der Waals surface area contributed by atoms with Crippen LogP contribution in [0.4, 0.5) is 13.2 Å². The summed E-state index contributed by atoms with van der Waals surface area (Å²) in [6, 6.07) is 6.63. The Labute approximate surface area is 105 Å². The SMILES string of the molecule is O=Cc1cc(C(F)(F)F)n(-c2ccccc2Cl)n1. The van der Waals surface area contributed by atoms with E-state index >= 15 is 0 Å². The molecule has 2 rings (SSSR count). The van der Waals surface area contributed by atoms with Crippen LogP contribution in [0.3, 0.4) is 0 Å². The highest BCUT2D eigenvalue weighted by Crippen LogP contribution is 2.32. The van der Waals surface area contributed by atoms with Crippen molar-refractivity contribution in [3.05, 3.63) is 46.7 Å². The lowest BCUT2D eigenvalue weighted by molar-refractivity contribution is -0.142. The van der Waals surface area contributed by atoms with E-state index < -0.39 is 11.9 Å². The molecule has 1 aromatic heterocycles. The van der Waals surface area contributed by atoms with Gasteiger partial charge in [-0.3, -0.25) is 4.79 Å². The van der Waals surface area contributed by atoms with Crippen LogP contribution in [0.5, 0.6) is 0 Å². The highest BCUT2D eigenvalue weighted by molar-refractivity contribution is 6.32. The molecule has 18 heavy (non-hydrogen) atoms. The summed E-state index contributed by atoms with van der Waals surface area (Å²) in [5, 5.41) is 3.68. The van der Waals surface area contributed by atoms with E-state index in [-0.39, 0.29) is 22.7 Å². The van der Waals surface area contributed by atoms with Gasteiger partial charge >= 0.3 is 6.18 Å². The van der Waals surface area contributed by atoms with Gasteiger partial charge in [-0.05, 0) is 18.2 Å². The van der Waals surface area contributed by atoms with E-state index in [1.165, 1.54) is 18.2 Å². The molecule has 0 saturated heterocycles. The fraction of sp³-hybridized carbons (Fsp3) is 0.0909. The Bertz CT molecular complexity index is 592. The van der Waals surface area contributed by atoms with Crippen molar-refractivity contribution in [1.82, 2.24) is 9.78 Å². The number of carbonyl (C=O) groups excluding carboxylic acids is 1. The molecule has 0 fully saturated rings. The maximum atomic E-state index is 12.8. The van der Waals surface area contributed by atoms with Gasteiger partial charge in [0.1, 0.15) is 11.4 Å². The highest BCUT2D eigenvalue weighted by atomic mass is 35.5. The normalized spacial score (nSPS) is 11.6. The van der Waals surface area contributed by atoms with Crippen molar-refractivity contribution in [3.63, 3.8) is 0 Å². The molecule has 0 aliphatic heterocycles. The van der Waals surface area contributed by atoms with Crippen molar-refractivity contribution in [1.29, 1.82) is 0 Å². The zero-order chi connectivity index (χ0) is 13.3. The molecule has 0 atom stereocenters. The Morgan fingerprint density at radius 2 is 1.94 bits per heavy atom. The summed E-state index contributed by atoms with van der Waals surface area (Å²) in [6.07, 6.45) is -4.37. The lowest BCUT2D eigenvalue weighted by Gasteiger charge is -2.11. The van der Waals surface area contributed by atoms with E-state index in [9.17, 15) is 18.0 Å². The third kappa shape index (κ3) is 2.24. The van der Waals surface area contributed by atoms with Crippen molar-refractivity contribution >= 4 is 17.9 Å². The summed E-state index contributed by atoms with van der Waals surface area (Å²) < 4.78 is 39.0. The predicted molar refractivity (Wildman–Crippen MR) is 59.0 cm³/mol. The molecule has 2 aromatic rings. The van der Waals surface area contributed by atoms with Crippen molar-refractivity contribution < 1.29 is 18.0 Å². The molecule has 0 radical (unpaired) electrons. The van der Waals surface area contributed by atoms with Gasteiger partial charge in [0, 0.05) is 0 Å². The molecule has 0 aliphatic rings. The second-order valence-electron chi connectivity index (χ2n) is 3.43. The Balaban J connectivity index is 2.67. The molecule has 0 aliphatic carbocycles. The number of nitrogens with zero attached hydrogens (tertiary/aromatic N) is 2. The van der Waals surface area contributed by atoms with Crippen LogP contribution in [0.2, 0.25) is 5.02 Å². The van der Waals surface area contributed by atoms with Crippen LogP contribution in [0.15, 0.2) is 30.3 Å². The maximum Gasteiger partial charge on any atom is 0.433 e. The molecule has 0 N–H and O–H groups in total. The first-order valence-corrected chi connectivity index (χ1v) is 5.18. The summed E-state index contributed by atoms with van der Waals surface area (Å²) in [5.41, 5.74) is -1.28. The Kier molecular flexibility index (Phi) is 3.13. The zero-order valence-electron chi connectivity index (χ0n) is 8.78. The summed E-state index contributed by atoms with van der Waals surface area (Å²) in [4.78, 5) is 10.5. The van der Waals surface area contributed by atoms with Gasteiger partial charge in [0.2, 0.25) is 0 Å². The molecule has 7 heteroatoms. The number of benzene rings is 1. The molecule has 0 bridgehead atoms. The molecule has 0 saturated carbocycles. The molecule has 1 aromatic carbocycles. The molecule has 0 unspecified atom stereocenters. The minimum atomic E-state index is -4.62. The number of para-hydroxylation sites is 1. The van der Waals surface area contributed by atoms with Gasteiger partial charge in [0.25, 0.3) is 0 Å². The summed E-state index contributed by atoms with van der Waals surface area (Å²) in [6.45, 7) is 0. The predicted octanol–water partition coefficient (Wildman–Crippen LogP) is 3.36. The van der Waals surface area contributed by atoms with Gasteiger partial charge in [-0.1, -0.05) is 23.7 Å². The number of carbonyl (C=O) groups is 1. The van der Waals surface area contributed by atoms with E-state index in [0.29, 0.717) is 10.7 Å². The van der Waals surface area contributed by atoms with Crippen LogP contribution in [0, 0.1) is 0 Å². The van der Waals surface area contributed by atoms with E-state index in [1.807, 2.05) is 0 Å². The summed E-state index contributed by atoms with van der Waals surface area (Å²) in [5.74, 6) is 0. The van der Waals surface area contributed by atoms with Crippen LogP contribution < -0.4 is 0 Å². The van der Waals surface area contributed by atoms with Crippen LogP contribution in [0.25, 0.3) is 5.69 Å². The Hall–Kier alpha value is -1.82. The van der Waals surface area contributed by atoms with E-state index in [0.717, 1.165) is 0 Å². The Morgan fingerprint density at radius 3 is 2.50 bits per heavy atom. The lowest BCUT2D eigenvalue weighted by Crippen LogP contribution is -2.13. The summed E-state index contributed by atoms with van der Waals surface area (Å²) >= 11 is 5.82. The Morgan fingerprint density at radius 1 is 1.28 bits per heavy atom. The van der Waals surface area contributed by atoms with Crippen molar-refractivity contribution in [2.75, 3.05) is 0 Å². The maximum absolute atomic E-state index is 12.8. The van der Waals surface area contributed by atoms with Crippen molar-refractivity contribution in [3.8, 4) is 5.69 Å². The van der Waals surface area contributed by atoms with Crippen LogP contribution >= 0.6 is 11.6 Å². The average Bonchev–Trinajstić information content (AvgIpc) is 2.73. The van der Waals surface area contributed by atoms with Crippen molar-refractivity contribution in [2.24, 2.45) is 0 Å². The second kappa shape index (κ2) is 4.45. The second-order valence-corrected chi connectivity index (χ2v) is 3.84.